The van der Waals surface area contributed by atoms with Crippen LogP contribution in [-0.2, 0) is 9.53 Å². The lowest BCUT2D eigenvalue weighted by Gasteiger charge is -2.32. The smallest absolute Gasteiger partial charge is 0.289 e. The molecule has 15 heavy (non-hydrogen) atoms. The third-order valence-electron chi connectivity index (χ3n) is 2.73. The zero-order chi connectivity index (χ0) is 10.7. The lowest BCUT2D eigenvalue weighted by Crippen LogP contribution is -2.47. The molecule has 0 aromatic heterocycles. The number of carbonyl (C=O) groups is 1. The number of nitrogens with zero attached hydrogens (tertiary/aromatic N) is 2. The van der Waals surface area contributed by atoms with Crippen molar-refractivity contribution in [2.24, 2.45) is 0 Å². The van der Waals surface area contributed by atoms with Gasteiger partial charge in [0.15, 0.2) is 5.76 Å². The van der Waals surface area contributed by atoms with Gasteiger partial charge >= 0.3 is 0 Å². The van der Waals surface area contributed by atoms with Crippen LogP contribution in [0.4, 0.5) is 0 Å². The summed E-state index contributed by atoms with van der Waals surface area (Å²) in [5.74, 6) is 0.495. The predicted molar refractivity (Wildman–Crippen MR) is 57.0 cm³/mol. The van der Waals surface area contributed by atoms with E-state index in [1.165, 1.54) is 0 Å². The van der Waals surface area contributed by atoms with E-state index in [1.807, 2.05) is 17.1 Å². The molecule has 0 radical (unpaired) electrons. The monoisotopic (exact) mass is 208 g/mol. The number of hydrogen-bond acceptors (Lipinski definition) is 3. The Labute approximate surface area is 89.8 Å². The molecule has 0 aromatic carbocycles. The zero-order valence-electron chi connectivity index (χ0n) is 8.98. The topological polar surface area (TPSA) is 32.8 Å². The van der Waals surface area contributed by atoms with Crippen molar-refractivity contribution in [3.8, 4) is 0 Å². The van der Waals surface area contributed by atoms with Gasteiger partial charge in [-0.05, 0) is 25.6 Å². The summed E-state index contributed by atoms with van der Waals surface area (Å²) in [6, 6.07) is 0. The highest BCUT2D eigenvalue weighted by atomic mass is 16.5. The first-order chi connectivity index (χ1) is 7.27. The SMILES string of the molecule is CN1CCN(C(=O)C2=CCC=CO2)CC1. The van der Waals surface area contributed by atoms with Crippen molar-refractivity contribution in [3.63, 3.8) is 0 Å². The van der Waals surface area contributed by atoms with Crippen molar-refractivity contribution < 1.29 is 9.53 Å². The number of hydrogen-bond donors (Lipinski definition) is 0. The Bertz CT molecular complexity index is 302. The Morgan fingerprint density at radius 1 is 1.33 bits per heavy atom. The maximum atomic E-state index is 11.9. The molecular formula is C11H16N2O2. The van der Waals surface area contributed by atoms with E-state index in [4.69, 9.17) is 4.74 Å². The van der Waals surface area contributed by atoms with Crippen molar-refractivity contribution in [2.45, 2.75) is 6.42 Å². The molecular weight excluding hydrogens is 192 g/mol. The average Bonchev–Trinajstić information content (AvgIpc) is 2.30. The van der Waals surface area contributed by atoms with Crippen LogP contribution in [0, 0.1) is 0 Å². The normalized spacial score (nSPS) is 22.2. The maximum Gasteiger partial charge on any atom is 0.289 e. The van der Waals surface area contributed by atoms with Gasteiger partial charge < -0.3 is 14.5 Å². The first-order valence-corrected chi connectivity index (χ1v) is 5.27. The molecule has 4 heteroatoms. The van der Waals surface area contributed by atoms with Gasteiger partial charge in [0.05, 0.1) is 6.26 Å². The van der Waals surface area contributed by atoms with E-state index >= 15 is 0 Å². The molecule has 0 aliphatic carbocycles. The highest BCUT2D eigenvalue weighted by Crippen LogP contribution is 2.12. The van der Waals surface area contributed by atoms with E-state index in [-0.39, 0.29) is 5.91 Å². The number of ether oxygens (including phenoxy) is 1. The molecule has 2 aliphatic heterocycles. The second-order valence-corrected chi connectivity index (χ2v) is 3.89. The van der Waals surface area contributed by atoms with Crippen LogP contribution < -0.4 is 0 Å². The lowest BCUT2D eigenvalue weighted by atomic mass is 10.2. The third kappa shape index (κ3) is 2.39. The van der Waals surface area contributed by atoms with E-state index < -0.39 is 0 Å². The Kier molecular flexibility index (Phi) is 3.06. The Morgan fingerprint density at radius 3 is 2.67 bits per heavy atom. The van der Waals surface area contributed by atoms with Crippen molar-refractivity contribution in [2.75, 3.05) is 33.2 Å². The van der Waals surface area contributed by atoms with Gasteiger partial charge in [-0.25, -0.2) is 0 Å². The Morgan fingerprint density at radius 2 is 2.07 bits per heavy atom. The minimum Gasteiger partial charge on any atom is -0.460 e. The molecule has 0 saturated carbocycles. The third-order valence-corrected chi connectivity index (χ3v) is 2.73. The van der Waals surface area contributed by atoms with Gasteiger partial charge in [-0.3, -0.25) is 4.79 Å². The number of carbonyl (C=O) groups excluding carboxylic acids is 1. The fourth-order valence-electron chi connectivity index (χ4n) is 1.70. The minimum absolute atomic E-state index is 0.0208. The summed E-state index contributed by atoms with van der Waals surface area (Å²) < 4.78 is 5.20. The first-order valence-electron chi connectivity index (χ1n) is 5.27. The van der Waals surface area contributed by atoms with E-state index in [1.54, 1.807) is 6.26 Å². The zero-order valence-corrected chi connectivity index (χ0v) is 8.98. The van der Waals surface area contributed by atoms with Gasteiger partial charge in [-0.2, -0.15) is 0 Å². The van der Waals surface area contributed by atoms with Gasteiger partial charge in [0.1, 0.15) is 0 Å². The molecule has 0 bridgehead atoms. The molecule has 2 rings (SSSR count). The van der Waals surface area contributed by atoms with Gasteiger partial charge in [-0.1, -0.05) is 0 Å². The fraction of sp³-hybridized carbons (Fsp3) is 0.545. The standard InChI is InChI=1S/C11H16N2O2/c1-12-5-7-13(8-6-12)11(14)10-4-2-3-9-15-10/h3-4,9H,2,5-8H2,1H3. The largest absolute Gasteiger partial charge is 0.460 e. The number of piperazine rings is 1. The predicted octanol–water partition coefficient (Wildman–Crippen LogP) is 0.578. The molecule has 0 N–H and O–H groups in total. The van der Waals surface area contributed by atoms with Crippen molar-refractivity contribution in [1.82, 2.24) is 9.80 Å². The molecule has 0 spiro atoms. The summed E-state index contributed by atoms with van der Waals surface area (Å²) in [6.07, 6.45) is 6.10. The minimum atomic E-state index is 0.0208. The molecule has 2 aliphatic rings. The molecule has 1 amide bonds. The van der Waals surface area contributed by atoms with Crippen LogP contribution in [0.3, 0.4) is 0 Å². The number of amides is 1. The molecule has 0 atom stereocenters. The quantitative estimate of drug-likeness (QED) is 0.632. The summed E-state index contributed by atoms with van der Waals surface area (Å²) in [6.45, 7) is 3.46. The average molecular weight is 208 g/mol. The van der Waals surface area contributed by atoms with Crippen LogP contribution in [0.25, 0.3) is 0 Å². The van der Waals surface area contributed by atoms with Gasteiger partial charge in [0, 0.05) is 26.2 Å². The van der Waals surface area contributed by atoms with Crippen LogP contribution in [0.5, 0.6) is 0 Å². The molecule has 4 nitrogen and oxygen atoms in total. The van der Waals surface area contributed by atoms with Crippen molar-refractivity contribution >= 4 is 5.91 Å². The summed E-state index contributed by atoms with van der Waals surface area (Å²) in [5, 5.41) is 0. The van der Waals surface area contributed by atoms with E-state index in [0.29, 0.717) is 5.76 Å². The number of allylic oxidation sites excluding steroid dienone is 2. The van der Waals surface area contributed by atoms with Crippen LogP contribution in [0.1, 0.15) is 6.42 Å². The fourth-order valence-corrected chi connectivity index (χ4v) is 1.70. The second kappa shape index (κ2) is 4.49. The number of rotatable bonds is 1. The van der Waals surface area contributed by atoms with Crippen LogP contribution in [0.15, 0.2) is 24.2 Å². The lowest BCUT2D eigenvalue weighted by molar-refractivity contribution is -0.131. The molecule has 2 heterocycles. The van der Waals surface area contributed by atoms with Crippen LogP contribution >= 0.6 is 0 Å². The van der Waals surface area contributed by atoms with E-state index in [0.717, 1.165) is 32.6 Å². The van der Waals surface area contributed by atoms with Gasteiger partial charge in [0.2, 0.25) is 0 Å². The van der Waals surface area contributed by atoms with Gasteiger partial charge in [0.25, 0.3) is 5.91 Å². The summed E-state index contributed by atoms with van der Waals surface area (Å²) in [5.41, 5.74) is 0. The molecule has 0 aromatic rings. The van der Waals surface area contributed by atoms with Gasteiger partial charge in [-0.15, -0.1) is 0 Å². The summed E-state index contributed by atoms with van der Waals surface area (Å²) in [4.78, 5) is 16.0. The molecule has 1 fully saturated rings. The van der Waals surface area contributed by atoms with E-state index in [2.05, 4.69) is 11.9 Å². The molecule has 82 valence electrons. The van der Waals surface area contributed by atoms with Crippen molar-refractivity contribution in [1.29, 1.82) is 0 Å². The Hall–Kier alpha value is -1.29. The van der Waals surface area contributed by atoms with Crippen LogP contribution in [0.2, 0.25) is 0 Å². The summed E-state index contributed by atoms with van der Waals surface area (Å²) in [7, 11) is 2.07. The first kappa shape index (κ1) is 10.2. The van der Waals surface area contributed by atoms with Crippen molar-refractivity contribution in [3.05, 3.63) is 24.2 Å². The molecule has 0 unspecified atom stereocenters. The van der Waals surface area contributed by atoms with Crippen LogP contribution in [-0.4, -0.2) is 48.9 Å². The number of likely N-dealkylation sites (N-methyl/N-ethyl adjacent to an activating group) is 1. The van der Waals surface area contributed by atoms with E-state index in [9.17, 15) is 4.79 Å². The maximum absolute atomic E-state index is 11.9. The highest BCUT2D eigenvalue weighted by molar-refractivity contribution is 5.91. The Balaban J connectivity index is 1.93. The molecule has 1 saturated heterocycles. The highest BCUT2D eigenvalue weighted by Gasteiger charge is 2.23. The second-order valence-electron chi connectivity index (χ2n) is 3.89. The summed E-state index contributed by atoms with van der Waals surface area (Å²) >= 11 is 0.